The first kappa shape index (κ1) is 14.3. The Morgan fingerprint density at radius 1 is 1.17 bits per heavy atom. The molecule has 106 valence electrons. The van der Waals surface area contributed by atoms with Crippen LogP contribution in [0.2, 0.25) is 0 Å². The summed E-state index contributed by atoms with van der Waals surface area (Å²) in [6.45, 7) is 7.37. The van der Waals surface area contributed by atoms with Crippen LogP contribution >= 0.6 is 0 Å². The molecule has 1 unspecified atom stereocenters. The summed E-state index contributed by atoms with van der Waals surface area (Å²) in [6.07, 6.45) is 8.14. The summed E-state index contributed by atoms with van der Waals surface area (Å²) >= 11 is 0. The number of nitrogens with zero attached hydrogens (tertiary/aromatic N) is 1. The van der Waals surface area contributed by atoms with Crippen LogP contribution in [0.4, 0.5) is 0 Å². The highest BCUT2D eigenvalue weighted by atomic mass is 16.5. The van der Waals surface area contributed by atoms with Gasteiger partial charge in [-0.25, -0.2) is 0 Å². The van der Waals surface area contributed by atoms with Crippen molar-refractivity contribution in [1.29, 1.82) is 0 Å². The number of hydrazine groups is 1. The van der Waals surface area contributed by atoms with Crippen molar-refractivity contribution in [3.8, 4) is 0 Å². The van der Waals surface area contributed by atoms with Gasteiger partial charge in [-0.15, -0.1) is 0 Å². The fraction of sp³-hybridized carbons (Fsp3) is 1.00. The zero-order valence-corrected chi connectivity index (χ0v) is 12.0. The first-order chi connectivity index (χ1) is 8.69. The largest absolute Gasteiger partial charge is 0.377 e. The van der Waals surface area contributed by atoms with E-state index in [-0.39, 0.29) is 17.7 Å². The third kappa shape index (κ3) is 2.87. The zero-order valence-electron chi connectivity index (χ0n) is 12.0. The van der Waals surface area contributed by atoms with Crippen molar-refractivity contribution in [2.45, 2.75) is 70.1 Å². The van der Waals surface area contributed by atoms with Crippen molar-refractivity contribution in [3.63, 3.8) is 0 Å². The van der Waals surface area contributed by atoms with Gasteiger partial charge in [0, 0.05) is 5.54 Å². The second-order valence-corrected chi connectivity index (χ2v) is 6.11. The fourth-order valence-corrected chi connectivity index (χ4v) is 3.68. The smallest absolute Gasteiger partial charge is 0.0654 e. The molecule has 4 heteroatoms. The number of hydrogen-bond donors (Lipinski definition) is 2. The van der Waals surface area contributed by atoms with Gasteiger partial charge in [-0.2, -0.15) is 0 Å². The molecular formula is C14H29N3O. The van der Waals surface area contributed by atoms with Crippen LogP contribution in [0.25, 0.3) is 0 Å². The molecule has 1 aliphatic carbocycles. The Hall–Kier alpha value is -0.160. The first-order valence-corrected chi connectivity index (χ1v) is 7.52. The third-order valence-electron chi connectivity index (χ3n) is 4.65. The molecule has 1 saturated heterocycles. The van der Waals surface area contributed by atoms with E-state index in [4.69, 9.17) is 10.6 Å². The number of likely N-dealkylation sites (tertiary alicyclic amines) is 1. The molecule has 2 rings (SSSR count). The summed E-state index contributed by atoms with van der Waals surface area (Å²) in [7, 11) is 0. The molecular weight excluding hydrogens is 226 g/mol. The quantitative estimate of drug-likeness (QED) is 0.560. The van der Waals surface area contributed by atoms with Gasteiger partial charge in [0.25, 0.3) is 0 Å². The number of rotatable bonds is 6. The molecule has 0 amide bonds. The Balaban J connectivity index is 2.06. The lowest BCUT2D eigenvalue weighted by Gasteiger charge is -2.44. The van der Waals surface area contributed by atoms with Crippen LogP contribution in [0.3, 0.4) is 0 Å². The summed E-state index contributed by atoms with van der Waals surface area (Å²) < 4.78 is 5.82. The Labute approximate surface area is 111 Å². The van der Waals surface area contributed by atoms with Gasteiger partial charge < -0.3 is 4.74 Å². The van der Waals surface area contributed by atoms with E-state index in [1.165, 1.54) is 51.6 Å². The van der Waals surface area contributed by atoms with E-state index in [0.717, 1.165) is 6.61 Å². The average molecular weight is 255 g/mol. The lowest BCUT2D eigenvalue weighted by molar-refractivity contribution is -0.00102. The highest BCUT2D eigenvalue weighted by Crippen LogP contribution is 2.40. The topological polar surface area (TPSA) is 50.5 Å². The lowest BCUT2D eigenvalue weighted by Crippen LogP contribution is -2.62. The summed E-state index contributed by atoms with van der Waals surface area (Å²) in [5.41, 5.74) is 3.30. The minimum absolute atomic E-state index is 0.250. The molecule has 0 bridgehead atoms. The van der Waals surface area contributed by atoms with Gasteiger partial charge in [0.15, 0.2) is 0 Å². The third-order valence-corrected chi connectivity index (χ3v) is 4.65. The SMILES string of the molecule is CC(C)OCC(NN)C1(N2CCCC2)CCCC1. The molecule has 0 aromatic carbocycles. The molecule has 0 aromatic rings. The number of nitrogens with one attached hydrogen (secondary N) is 1. The van der Waals surface area contributed by atoms with Crippen LogP contribution in [-0.2, 0) is 4.74 Å². The Morgan fingerprint density at radius 3 is 2.28 bits per heavy atom. The van der Waals surface area contributed by atoms with Crippen LogP contribution in [-0.4, -0.2) is 42.3 Å². The van der Waals surface area contributed by atoms with Crippen LogP contribution < -0.4 is 11.3 Å². The van der Waals surface area contributed by atoms with Gasteiger partial charge in [-0.3, -0.25) is 16.2 Å². The Bertz CT molecular complexity index is 245. The van der Waals surface area contributed by atoms with E-state index in [0.29, 0.717) is 0 Å². The maximum Gasteiger partial charge on any atom is 0.0654 e. The van der Waals surface area contributed by atoms with E-state index in [9.17, 15) is 0 Å². The van der Waals surface area contributed by atoms with Crippen LogP contribution in [0, 0.1) is 0 Å². The number of hydrogen-bond acceptors (Lipinski definition) is 4. The Kier molecular flexibility index (Phi) is 5.01. The van der Waals surface area contributed by atoms with Crippen LogP contribution in [0.1, 0.15) is 52.4 Å². The van der Waals surface area contributed by atoms with E-state index >= 15 is 0 Å². The molecule has 3 N–H and O–H groups in total. The summed E-state index contributed by atoms with van der Waals surface area (Å²) in [5, 5.41) is 0. The summed E-state index contributed by atoms with van der Waals surface area (Å²) in [6, 6.07) is 0.264. The van der Waals surface area contributed by atoms with Crippen molar-refractivity contribution < 1.29 is 4.74 Å². The molecule has 2 fully saturated rings. The average Bonchev–Trinajstić information content (AvgIpc) is 3.00. The zero-order chi connectivity index (χ0) is 13.0. The molecule has 4 nitrogen and oxygen atoms in total. The van der Waals surface area contributed by atoms with Gasteiger partial charge in [0.05, 0.1) is 18.8 Å². The normalized spacial score (nSPS) is 26.0. The van der Waals surface area contributed by atoms with Crippen LogP contribution in [0.15, 0.2) is 0 Å². The van der Waals surface area contributed by atoms with Gasteiger partial charge >= 0.3 is 0 Å². The monoisotopic (exact) mass is 255 g/mol. The van der Waals surface area contributed by atoms with E-state index in [1.807, 2.05) is 0 Å². The molecule has 18 heavy (non-hydrogen) atoms. The minimum Gasteiger partial charge on any atom is -0.377 e. The van der Waals surface area contributed by atoms with Crippen molar-refractivity contribution in [2.24, 2.45) is 5.84 Å². The predicted octanol–water partition coefficient (Wildman–Crippen LogP) is 1.65. The first-order valence-electron chi connectivity index (χ1n) is 7.52. The molecule has 1 heterocycles. The molecule has 0 radical (unpaired) electrons. The molecule has 1 saturated carbocycles. The van der Waals surface area contributed by atoms with E-state index < -0.39 is 0 Å². The highest BCUT2D eigenvalue weighted by Gasteiger charge is 2.46. The summed E-state index contributed by atoms with van der Waals surface area (Å²) in [4.78, 5) is 2.67. The molecule has 0 aromatic heterocycles. The number of nitrogens with two attached hydrogens (primary N) is 1. The fourth-order valence-electron chi connectivity index (χ4n) is 3.68. The minimum atomic E-state index is 0.250. The van der Waals surface area contributed by atoms with Crippen molar-refractivity contribution in [2.75, 3.05) is 19.7 Å². The molecule has 1 aliphatic heterocycles. The molecule has 2 aliphatic rings. The van der Waals surface area contributed by atoms with Gasteiger partial charge in [0.2, 0.25) is 0 Å². The lowest BCUT2D eigenvalue weighted by atomic mass is 9.87. The van der Waals surface area contributed by atoms with Gasteiger partial charge in [-0.1, -0.05) is 12.8 Å². The van der Waals surface area contributed by atoms with Crippen molar-refractivity contribution >= 4 is 0 Å². The second kappa shape index (κ2) is 6.33. The van der Waals surface area contributed by atoms with E-state index in [2.05, 4.69) is 24.2 Å². The van der Waals surface area contributed by atoms with Crippen LogP contribution in [0.5, 0.6) is 0 Å². The second-order valence-electron chi connectivity index (χ2n) is 6.11. The Morgan fingerprint density at radius 2 is 1.78 bits per heavy atom. The highest BCUT2D eigenvalue weighted by molar-refractivity contribution is 5.04. The van der Waals surface area contributed by atoms with Gasteiger partial charge in [0.1, 0.15) is 0 Å². The van der Waals surface area contributed by atoms with Crippen molar-refractivity contribution in [3.05, 3.63) is 0 Å². The predicted molar refractivity (Wildman–Crippen MR) is 74.2 cm³/mol. The molecule has 0 spiro atoms. The van der Waals surface area contributed by atoms with E-state index in [1.54, 1.807) is 0 Å². The van der Waals surface area contributed by atoms with Crippen molar-refractivity contribution in [1.82, 2.24) is 10.3 Å². The maximum atomic E-state index is 5.83. The number of ether oxygens (including phenoxy) is 1. The molecule has 1 atom stereocenters. The summed E-state index contributed by atoms with van der Waals surface area (Å²) in [5.74, 6) is 5.83. The van der Waals surface area contributed by atoms with Gasteiger partial charge in [-0.05, 0) is 52.6 Å². The standard InChI is InChI=1S/C14H29N3O/c1-12(2)18-11-13(16-15)14(7-3-4-8-14)17-9-5-6-10-17/h12-13,16H,3-11,15H2,1-2H3. The maximum absolute atomic E-state index is 5.83.